The van der Waals surface area contributed by atoms with E-state index in [9.17, 15) is 9.59 Å². The van der Waals surface area contributed by atoms with Gasteiger partial charge in [-0.25, -0.2) is 0 Å². The Kier molecular flexibility index (Phi) is 4.83. The van der Waals surface area contributed by atoms with Crippen molar-refractivity contribution in [1.29, 1.82) is 0 Å². The summed E-state index contributed by atoms with van der Waals surface area (Å²) in [6.07, 6.45) is 8.17. The van der Waals surface area contributed by atoms with Crippen molar-refractivity contribution in [2.45, 2.75) is 64.3 Å². The molecule has 3 atom stereocenters. The van der Waals surface area contributed by atoms with E-state index in [1.165, 1.54) is 32.1 Å². The Morgan fingerprint density at radius 1 is 1.05 bits per heavy atom. The van der Waals surface area contributed by atoms with Gasteiger partial charge in [0.25, 0.3) is 0 Å². The lowest BCUT2D eigenvalue weighted by Gasteiger charge is -2.29. The quantitative estimate of drug-likeness (QED) is 0.822. The van der Waals surface area contributed by atoms with Gasteiger partial charge >= 0.3 is 5.97 Å². The molecule has 0 heterocycles. The average molecular weight is 267 g/mol. The van der Waals surface area contributed by atoms with Gasteiger partial charge in [0.2, 0.25) is 5.91 Å². The normalized spacial score (nSPS) is 29.9. The van der Waals surface area contributed by atoms with Crippen LogP contribution in [0.1, 0.15) is 58.3 Å². The highest BCUT2D eigenvalue weighted by Crippen LogP contribution is 2.32. The number of hydrogen-bond donors (Lipinski definition) is 2. The number of carboxylic acid groups (broad SMARTS) is 1. The van der Waals surface area contributed by atoms with Gasteiger partial charge in [-0.15, -0.1) is 0 Å². The molecule has 2 rings (SSSR count). The SMILES string of the molecule is C[C@H](NC(=O)[C@@H]1CC[C@H](C(=O)O)C1)C1CCCCC1. The lowest BCUT2D eigenvalue weighted by atomic mass is 9.84. The lowest BCUT2D eigenvalue weighted by molar-refractivity contribution is -0.141. The van der Waals surface area contributed by atoms with Crippen LogP contribution in [-0.2, 0) is 9.59 Å². The third kappa shape index (κ3) is 3.71. The molecule has 2 aliphatic carbocycles. The third-order valence-corrected chi connectivity index (χ3v) is 4.88. The summed E-state index contributed by atoms with van der Waals surface area (Å²) in [4.78, 5) is 23.1. The number of carboxylic acids is 1. The molecule has 2 saturated carbocycles. The number of amides is 1. The van der Waals surface area contributed by atoms with Gasteiger partial charge in [0.1, 0.15) is 0 Å². The molecule has 2 N–H and O–H groups in total. The van der Waals surface area contributed by atoms with Crippen molar-refractivity contribution in [2.75, 3.05) is 0 Å². The molecule has 0 aromatic heterocycles. The van der Waals surface area contributed by atoms with E-state index < -0.39 is 5.97 Å². The van der Waals surface area contributed by atoms with E-state index in [0.29, 0.717) is 18.8 Å². The van der Waals surface area contributed by atoms with Gasteiger partial charge in [-0.2, -0.15) is 0 Å². The van der Waals surface area contributed by atoms with E-state index in [4.69, 9.17) is 5.11 Å². The smallest absolute Gasteiger partial charge is 0.306 e. The van der Waals surface area contributed by atoms with Crippen molar-refractivity contribution < 1.29 is 14.7 Å². The molecule has 0 aliphatic heterocycles. The van der Waals surface area contributed by atoms with Crippen LogP contribution in [0, 0.1) is 17.8 Å². The van der Waals surface area contributed by atoms with Crippen molar-refractivity contribution >= 4 is 11.9 Å². The molecule has 0 spiro atoms. The van der Waals surface area contributed by atoms with Crippen LogP contribution in [0.25, 0.3) is 0 Å². The third-order valence-electron chi connectivity index (χ3n) is 4.88. The second kappa shape index (κ2) is 6.40. The fourth-order valence-electron chi connectivity index (χ4n) is 3.54. The minimum absolute atomic E-state index is 0.0711. The van der Waals surface area contributed by atoms with E-state index in [-0.39, 0.29) is 23.8 Å². The van der Waals surface area contributed by atoms with Crippen molar-refractivity contribution in [1.82, 2.24) is 5.32 Å². The monoisotopic (exact) mass is 267 g/mol. The topological polar surface area (TPSA) is 66.4 Å². The van der Waals surface area contributed by atoms with Crippen LogP contribution >= 0.6 is 0 Å². The minimum Gasteiger partial charge on any atom is -0.481 e. The Bertz CT molecular complexity index is 336. The summed E-state index contributed by atoms with van der Waals surface area (Å²) in [6.45, 7) is 2.09. The van der Waals surface area contributed by atoms with E-state index in [1.54, 1.807) is 0 Å². The molecule has 0 saturated heterocycles. The van der Waals surface area contributed by atoms with Crippen molar-refractivity contribution in [2.24, 2.45) is 17.8 Å². The molecular weight excluding hydrogens is 242 g/mol. The first-order valence-electron chi connectivity index (χ1n) is 7.61. The molecule has 4 heteroatoms. The van der Waals surface area contributed by atoms with Crippen LogP contribution < -0.4 is 5.32 Å². The zero-order valence-electron chi connectivity index (χ0n) is 11.7. The van der Waals surface area contributed by atoms with Crippen molar-refractivity contribution in [3.8, 4) is 0 Å². The molecule has 1 amide bonds. The molecular formula is C15H25NO3. The molecule has 4 nitrogen and oxygen atoms in total. The van der Waals surface area contributed by atoms with E-state index in [1.807, 2.05) is 0 Å². The Morgan fingerprint density at radius 3 is 2.26 bits per heavy atom. The number of hydrogen-bond acceptors (Lipinski definition) is 2. The summed E-state index contributed by atoms with van der Waals surface area (Å²) in [5.74, 6) is -0.486. The van der Waals surface area contributed by atoms with Gasteiger partial charge in [-0.3, -0.25) is 9.59 Å². The highest BCUT2D eigenvalue weighted by atomic mass is 16.4. The Hall–Kier alpha value is -1.06. The molecule has 2 fully saturated rings. The Labute approximate surface area is 115 Å². The maximum Gasteiger partial charge on any atom is 0.306 e. The predicted octanol–water partition coefficient (Wildman–Crippen LogP) is 2.57. The van der Waals surface area contributed by atoms with Crippen LogP contribution in [0.2, 0.25) is 0 Å². The van der Waals surface area contributed by atoms with E-state index >= 15 is 0 Å². The minimum atomic E-state index is -0.754. The maximum absolute atomic E-state index is 12.2. The zero-order valence-corrected chi connectivity index (χ0v) is 11.7. The number of rotatable bonds is 4. The summed E-state index contributed by atoms with van der Waals surface area (Å²) in [5.41, 5.74) is 0. The zero-order chi connectivity index (χ0) is 13.8. The van der Waals surface area contributed by atoms with Crippen molar-refractivity contribution in [3.63, 3.8) is 0 Å². The summed E-state index contributed by atoms with van der Waals surface area (Å²) >= 11 is 0. The van der Waals surface area contributed by atoms with Gasteiger partial charge in [0.15, 0.2) is 0 Å². The largest absolute Gasteiger partial charge is 0.481 e. The van der Waals surface area contributed by atoms with Gasteiger partial charge < -0.3 is 10.4 Å². The summed E-state index contributed by atoms with van der Waals surface area (Å²) < 4.78 is 0. The highest BCUT2D eigenvalue weighted by molar-refractivity contribution is 5.81. The summed E-state index contributed by atoms with van der Waals surface area (Å²) in [6, 6.07) is 0.233. The van der Waals surface area contributed by atoms with Gasteiger partial charge in [0.05, 0.1) is 5.92 Å². The van der Waals surface area contributed by atoms with Gasteiger partial charge in [-0.05, 0) is 44.9 Å². The molecule has 19 heavy (non-hydrogen) atoms. The van der Waals surface area contributed by atoms with E-state index in [2.05, 4.69) is 12.2 Å². The van der Waals surface area contributed by atoms with Gasteiger partial charge in [-0.1, -0.05) is 19.3 Å². The van der Waals surface area contributed by atoms with Crippen LogP contribution in [0.15, 0.2) is 0 Å². The molecule has 2 aliphatic rings. The molecule has 0 aromatic carbocycles. The predicted molar refractivity (Wildman–Crippen MR) is 72.6 cm³/mol. The summed E-state index contributed by atoms with van der Waals surface area (Å²) in [7, 11) is 0. The number of aliphatic carboxylic acids is 1. The standard InChI is InChI=1S/C15H25NO3/c1-10(11-5-3-2-4-6-11)16-14(17)12-7-8-13(9-12)15(18)19/h10-13H,2-9H2,1H3,(H,16,17)(H,18,19)/t10-,12+,13-/m0/s1. The molecule has 0 aromatic rings. The second-order valence-corrected chi connectivity index (χ2v) is 6.24. The fourth-order valence-corrected chi connectivity index (χ4v) is 3.54. The van der Waals surface area contributed by atoms with Crippen LogP contribution in [0.4, 0.5) is 0 Å². The molecule has 0 bridgehead atoms. The number of nitrogens with one attached hydrogen (secondary N) is 1. The van der Waals surface area contributed by atoms with Crippen LogP contribution in [0.3, 0.4) is 0 Å². The average Bonchev–Trinajstić information content (AvgIpc) is 2.89. The Balaban J connectivity index is 1.79. The summed E-state index contributed by atoms with van der Waals surface area (Å²) in [5, 5.41) is 12.1. The first kappa shape index (κ1) is 14.4. The second-order valence-electron chi connectivity index (χ2n) is 6.24. The number of carbonyl (C=O) groups is 2. The molecule has 0 unspecified atom stereocenters. The molecule has 0 radical (unpaired) electrons. The first-order chi connectivity index (χ1) is 9.08. The van der Waals surface area contributed by atoms with Gasteiger partial charge in [0, 0.05) is 12.0 Å². The van der Waals surface area contributed by atoms with E-state index in [0.717, 1.165) is 6.42 Å². The van der Waals surface area contributed by atoms with Crippen LogP contribution in [0.5, 0.6) is 0 Å². The Morgan fingerprint density at radius 2 is 1.68 bits per heavy atom. The van der Waals surface area contributed by atoms with Crippen LogP contribution in [-0.4, -0.2) is 23.0 Å². The molecule has 108 valence electrons. The highest BCUT2D eigenvalue weighted by Gasteiger charge is 2.34. The van der Waals surface area contributed by atoms with Crippen molar-refractivity contribution in [3.05, 3.63) is 0 Å². The lowest BCUT2D eigenvalue weighted by Crippen LogP contribution is -2.41. The number of carbonyl (C=O) groups excluding carboxylic acids is 1. The maximum atomic E-state index is 12.2. The first-order valence-corrected chi connectivity index (χ1v) is 7.61. The fraction of sp³-hybridized carbons (Fsp3) is 0.867.